The Morgan fingerprint density at radius 1 is 1.16 bits per heavy atom. The molecule has 19 heavy (non-hydrogen) atoms. The summed E-state index contributed by atoms with van der Waals surface area (Å²) in [6, 6.07) is 11.1. The predicted molar refractivity (Wildman–Crippen MR) is 79.0 cm³/mol. The van der Waals surface area contributed by atoms with E-state index in [0.29, 0.717) is 27.0 Å². The van der Waals surface area contributed by atoms with E-state index in [1.807, 2.05) is 31.3 Å². The van der Waals surface area contributed by atoms with Crippen molar-refractivity contribution in [1.29, 1.82) is 0 Å². The second-order valence-corrected chi connectivity index (χ2v) is 4.89. The minimum Gasteiger partial charge on any atom is -0.434 e. The first-order valence-corrected chi connectivity index (χ1v) is 6.47. The molecule has 0 saturated carbocycles. The molecule has 0 bridgehead atoms. The molecule has 96 valence electrons. The van der Waals surface area contributed by atoms with Crippen LogP contribution in [0.5, 0.6) is 0 Å². The van der Waals surface area contributed by atoms with E-state index in [-0.39, 0.29) is 0 Å². The highest BCUT2D eigenvalue weighted by molar-refractivity contribution is 6.38. The fourth-order valence-electron chi connectivity index (χ4n) is 1.96. The van der Waals surface area contributed by atoms with Gasteiger partial charge in [0.25, 0.3) is 0 Å². The summed E-state index contributed by atoms with van der Waals surface area (Å²) >= 11 is 12.1. The quantitative estimate of drug-likeness (QED) is 0.734. The molecule has 0 fully saturated rings. The van der Waals surface area contributed by atoms with Gasteiger partial charge in [-0.1, -0.05) is 35.3 Å². The van der Waals surface area contributed by atoms with Gasteiger partial charge in [0.15, 0.2) is 5.58 Å². The highest BCUT2D eigenvalue weighted by atomic mass is 35.5. The number of hydrogen-bond donors (Lipinski definition) is 1. The summed E-state index contributed by atoms with van der Waals surface area (Å²) in [5, 5.41) is 4.11. The minimum atomic E-state index is 0.461. The van der Waals surface area contributed by atoms with E-state index in [2.05, 4.69) is 10.3 Å². The van der Waals surface area contributed by atoms with Crippen molar-refractivity contribution in [2.75, 3.05) is 12.4 Å². The van der Waals surface area contributed by atoms with E-state index in [1.54, 1.807) is 12.1 Å². The van der Waals surface area contributed by atoms with Crippen LogP contribution >= 0.6 is 23.2 Å². The molecule has 1 aromatic heterocycles. The molecule has 3 rings (SSSR count). The first-order valence-electron chi connectivity index (χ1n) is 5.72. The Kier molecular flexibility index (Phi) is 3.09. The molecule has 0 unspecified atom stereocenters. The number of nitrogens with zero attached hydrogens (tertiary/aromatic N) is 1. The van der Waals surface area contributed by atoms with E-state index >= 15 is 0 Å². The van der Waals surface area contributed by atoms with Gasteiger partial charge in [0, 0.05) is 17.8 Å². The summed E-state index contributed by atoms with van der Waals surface area (Å²) in [5.41, 5.74) is 3.02. The monoisotopic (exact) mass is 292 g/mol. The highest BCUT2D eigenvalue weighted by Crippen LogP contribution is 2.34. The van der Waals surface area contributed by atoms with Crippen molar-refractivity contribution in [3.05, 3.63) is 46.4 Å². The lowest BCUT2D eigenvalue weighted by Crippen LogP contribution is -1.91. The van der Waals surface area contributed by atoms with Gasteiger partial charge in [-0.15, -0.1) is 0 Å². The Hall–Kier alpha value is -1.71. The van der Waals surface area contributed by atoms with E-state index < -0.39 is 0 Å². The number of halogens is 2. The van der Waals surface area contributed by atoms with E-state index in [9.17, 15) is 0 Å². The van der Waals surface area contributed by atoms with Crippen LogP contribution in [0.2, 0.25) is 10.0 Å². The largest absolute Gasteiger partial charge is 0.434 e. The minimum absolute atomic E-state index is 0.461. The zero-order valence-corrected chi connectivity index (χ0v) is 11.6. The van der Waals surface area contributed by atoms with Crippen LogP contribution in [-0.4, -0.2) is 12.0 Å². The van der Waals surface area contributed by atoms with Crippen LogP contribution in [0.4, 0.5) is 5.69 Å². The standard InChI is InChI=1S/C14H10Cl2N2O/c1-17-11-5-3-2-4-9(11)14-18-12-7-8(15)6-10(16)13(12)19-14/h2-7,17H,1H3. The summed E-state index contributed by atoms with van der Waals surface area (Å²) < 4.78 is 5.74. The summed E-state index contributed by atoms with van der Waals surface area (Å²) in [5.74, 6) is 0.518. The molecule has 3 nitrogen and oxygen atoms in total. The van der Waals surface area contributed by atoms with E-state index in [4.69, 9.17) is 27.6 Å². The van der Waals surface area contributed by atoms with Crippen molar-refractivity contribution < 1.29 is 4.42 Å². The van der Waals surface area contributed by atoms with Gasteiger partial charge in [-0.05, 0) is 24.3 Å². The molecule has 0 aliphatic rings. The third-order valence-electron chi connectivity index (χ3n) is 2.84. The zero-order chi connectivity index (χ0) is 13.4. The lowest BCUT2D eigenvalue weighted by molar-refractivity contribution is 0.620. The van der Waals surface area contributed by atoms with Crippen LogP contribution in [-0.2, 0) is 0 Å². The summed E-state index contributed by atoms with van der Waals surface area (Å²) in [6.07, 6.45) is 0. The van der Waals surface area contributed by atoms with Crippen molar-refractivity contribution in [2.24, 2.45) is 0 Å². The average Bonchev–Trinajstić information content (AvgIpc) is 2.82. The van der Waals surface area contributed by atoms with Crippen LogP contribution < -0.4 is 5.32 Å². The fraction of sp³-hybridized carbons (Fsp3) is 0.0714. The third kappa shape index (κ3) is 2.15. The Morgan fingerprint density at radius 3 is 2.74 bits per heavy atom. The summed E-state index contributed by atoms with van der Waals surface area (Å²) in [6.45, 7) is 0. The number of para-hydroxylation sites is 1. The number of oxazole rings is 1. The number of hydrogen-bond acceptors (Lipinski definition) is 3. The van der Waals surface area contributed by atoms with Crippen molar-refractivity contribution in [3.63, 3.8) is 0 Å². The van der Waals surface area contributed by atoms with E-state index in [0.717, 1.165) is 11.3 Å². The topological polar surface area (TPSA) is 38.1 Å². The number of fused-ring (bicyclic) bond motifs is 1. The number of aromatic nitrogens is 1. The van der Waals surface area contributed by atoms with Crippen LogP contribution in [0.1, 0.15) is 0 Å². The van der Waals surface area contributed by atoms with Gasteiger partial charge in [-0.2, -0.15) is 0 Å². The highest BCUT2D eigenvalue weighted by Gasteiger charge is 2.14. The number of nitrogens with one attached hydrogen (secondary N) is 1. The number of benzene rings is 2. The Bertz CT molecular complexity index is 752. The normalized spacial score (nSPS) is 10.9. The summed E-state index contributed by atoms with van der Waals surface area (Å²) in [7, 11) is 1.85. The molecular formula is C14H10Cl2N2O. The van der Waals surface area contributed by atoms with Crippen LogP contribution in [0.25, 0.3) is 22.6 Å². The number of rotatable bonds is 2. The molecule has 0 amide bonds. The first kappa shape index (κ1) is 12.3. The molecular weight excluding hydrogens is 283 g/mol. The molecule has 1 heterocycles. The number of anilines is 1. The van der Waals surface area contributed by atoms with Crippen molar-refractivity contribution >= 4 is 40.0 Å². The van der Waals surface area contributed by atoms with Gasteiger partial charge in [-0.3, -0.25) is 0 Å². The Morgan fingerprint density at radius 2 is 1.95 bits per heavy atom. The molecule has 0 aliphatic heterocycles. The van der Waals surface area contributed by atoms with E-state index in [1.165, 1.54) is 0 Å². The Balaban J connectivity index is 2.23. The van der Waals surface area contributed by atoms with Crippen LogP contribution in [0.3, 0.4) is 0 Å². The molecule has 5 heteroatoms. The van der Waals surface area contributed by atoms with Gasteiger partial charge in [0.2, 0.25) is 5.89 Å². The second-order valence-electron chi connectivity index (χ2n) is 4.05. The van der Waals surface area contributed by atoms with Crippen molar-refractivity contribution in [2.45, 2.75) is 0 Å². The molecule has 2 aromatic carbocycles. The van der Waals surface area contributed by atoms with Gasteiger partial charge in [0.1, 0.15) is 5.52 Å². The average molecular weight is 293 g/mol. The zero-order valence-electron chi connectivity index (χ0n) is 10.1. The SMILES string of the molecule is CNc1ccccc1-c1nc2cc(Cl)cc(Cl)c2o1. The molecule has 0 atom stereocenters. The molecule has 0 aliphatic carbocycles. The maximum Gasteiger partial charge on any atom is 0.229 e. The third-order valence-corrected chi connectivity index (χ3v) is 3.34. The maximum atomic E-state index is 6.10. The predicted octanol–water partition coefficient (Wildman–Crippen LogP) is 4.84. The van der Waals surface area contributed by atoms with Crippen molar-refractivity contribution in [3.8, 4) is 11.5 Å². The molecule has 0 saturated heterocycles. The molecule has 1 N–H and O–H groups in total. The maximum absolute atomic E-state index is 6.10. The van der Waals surface area contributed by atoms with Crippen molar-refractivity contribution in [1.82, 2.24) is 4.98 Å². The lowest BCUT2D eigenvalue weighted by Gasteiger charge is -2.04. The Labute approximate surface area is 120 Å². The lowest BCUT2D eigenvalue weighted by atomic mass is 10.2. The van der Waals surface area contributed by atoms with Crippen LogP contribution in [0, 0.1) is 0 Å². The smallest absolute Gasteiger partial charge is 0.229 e. The fourth-order valence-corrected chi connectivity index (χ4v) is 2.48. The van der Waals surface area contributed by atoms with Gasteiger partial charge < -0.3 is 9.73 Å². The molecule has 0 radical (unpaired) electrons. The van der Waals surface area contributed by atoms with Gasteiger partial charge in [0.05, 0.1) is 10.6 Å². The molecule has 0 spiro atoms. The van der Waals surface area contributed by atoms with Gasteiger partial charge in [-0.25, -0.2) is 4.98 Å². The van der Waals surface area contributed by atoms with Gasteiger partial charge >= 0.3 is 0 Å². The van der Waals surface area contributed by atoms with Crippen LogP contribution in [0.15, 0.2) is 40.8 Å². The molecule has 3 aromatic rings. The first-order chi connectivity index (χ1) is 9.19. The second kappa shape index (κ2) is 4.76. The summed E-state index contributed by atoms with van der Waals surface area (Å²) in [4.78, 5) is 4.44.